The summed E-state index contributed by atoms with van der Waals surface area (Å²) in [5.41, 5.74) is 1.69. The molecule has 0 spiro atoms. The molecule has 0 bridgehead atoms. The van der Waals surface area contributed by atoms with Crippen LogP contribution < -0.4 is 5.63 Å². The van der Waals surface area contributed by atoms with E-state index in [4.69, 9.17) is 9.15 Å². The van der Waals surface area contributed by atoms with E-state index in [1.807, 2.05) is 30.3 Å². The molecule has 132 valence electrons. The van der Waals surface area contributed by atoms with Gasteiger partial charge in [-0.05, 0) is 35.7 Å². The molecule has 1 heterocycles. The summed E-state index contributed by atoms with van der Waals surface area (Å²) in [6.07, 6.45) is 0.183. The molecule has 0 aliphatic carbocycles. The number of para-hydroxylation sites is 1. The average molecular weight is 350 g/mol. The number of hydrogen-bond donors (Lipinski definition) is 1. The van der Waals surface area contributed by atoms with Crippen molar-refractivity contribution in [2.24, 2.45) is 0 Å². The highest BCUT2D eigenvalue weighted by Crippen LogP contribution is 2.27. The number of benzene rings is 2. The smallest absolute Gasteiger partial charge is 0.374 e. The Morgan fingerprint density at radius 2 is 1.77 bits per heavy atom. The van der Waals surface area contributed by atoms with Crippen LogP contribution in [0, 0.1) is 0 Å². The first-order valence-electron chi connectivity index (χ1n) is 8.26. The molecule has 2 aromatic carbocycles. The molecule has 0 radical (unpaired) electrons. The fourth-order valence-electron chi connectivity index (χ4n) is 2.72. The molecule has 0 saturated heterocycles. The lowest BCUT2D eigenvalue weighted by atomic mass is 9.96. The Kier molecular flexibility index (Phi) is 5.17. The average Bonchev–Trinajstić information content (AvgIpc) is 2.65. The summed E-state index contributed by atoms with van der Waals surface area (Å²) in [5.74, 6) is -0.729. The maximum Gasteiger partial charge on any atom is 0.374 e. The quantitative estimate of drug-likeness (QED) is 0.709. The second-order valence-electron chi connectivity index (χ2n) is 5.68. The van der Waals surface area contributed by atoms with E-state index in [9.17, 15) is 14.7 Å². The molecule has 1 N–H and O–H groups in total. The third kappa shape index (κ3) is 3.67. The summed E-state index contributed by atoms with van der Waals surface area (Å²) in [7, 11) is 0. The molecule has 3 aromatic rings. The molecule has 0 fully saturated rings. The normalized spacial score (nSPS) is 10.5. The summed E-state index contributed by atoms with van der Waals surface area (Å²) in [5, 5.41) is 10.0. The summed E-state index contributed by atoms with van der Waals surface area (Å²) in [4.78, 5) is 24.6. The molecule has 5 heteroatoms. The molecule has 0 atom stereocenters. The zero-order valence-electron chi connectivity index (χ0n) is 14.3. The molecule has 0 aliphatic rings. The molecule has 0 aliphatic heterocycles. The lowest BCUT2D eigenvalue weighted by Crippen LogP contribution is -2.15. The van der Waals surface area contributed by atoms with Crippen molar-refractivity contribution in [1.29, 1.82) is 0 Å². The van der Waals surface area contributed by atoms with E-state index >= 15 is 0 Å². The van der Waals surface area contributed by atoms with Gasteiger partial charge in [0, 0.05) is 6.42 Å². The Morgan fingerprint density at radius 3 is 2.46 bits per heavy atom. The summed E-state index contributed by atoms with van der Waals surface area (Å²) >= 11 is 0. The number of carbonyl (C=O) groups is 1. The van der Waals surface area contributed by atoms with Crippen LogP contribution in [0.4, 0.5) is 0 Å². The predicted molar refractivity (Wildman–Crippen MR) is 97.3 cm³/mol. The highest BCUT2D eigenvalue weighted by molar-refractivity contribution is 5.88. The number of phenolic OH excluding ortho intramolecular Hbond substituents is 1. The maximum atomic E-state index is 12.6. The van der Waals surface area contributed by atoms with E-state index in [1.165, 1.54) is 6.07 Å². The van der Waals surface area contributed by atoms with Crippen LogP contribution in [0.1, 0.15) is 28.6 Å². The van der Waals surface area contributed by atoms with Crippen molar-refractivity contribution in [2.75, 3.05) is 6.61 Å². The van der Waals surface area contributed by atoms with E-state index in [2.05, 4.69) is 0 Å². The van der Waals surface area contributed by atoms with Crippen LogP contribution in [0.2, 0.25) is 0 Å². The minimum Gasteiger partial charge on any atom is -0.508 e. The lowest BCUT2D eigenvalue weighted by Gasteiger charge is -2.11. The number of esters is 1. The van der Waals surface area contributed by atoms with Gasteiger partial charge in [0.1, 0.15) is 5.75 Å². The molecular formula is C21H18O5. The number of carbonyl (C=O) groups excluding carboxylic acids is 1. The fraction of sp³-hybridized carbons (Fsp3) is 0.143. The molecule has 0 saturated carbocycles. The van der Waals surface area contributed by atoms with Crippen LogP contribution in [0.25, 0.3) is 11.1 Å². The van der Waals surface area contributed by atoms with Crippen LogP contribution in [0.3, 0.4) is 0 Å². The SMILES string of the molecule is CCOC(=O)c1cc(-c2ccccc2)c(Cc2ccccc2O)c(=O)o1. The van der Waals surface area contributed by atoms with Crippen molar-refractivity contribution in [1.82, 2.24) is 0 Å². The van der Waals surface area contributed by atoms with Crippen molar-refractivity contribution >= 4 is 5.97 Å². The van der Waals surface area contributed by atoms with Crippen LogP contribution in [-0.2, 0) is 11.2 Å². The first-order chi connectivity index (χ1) is 12.6. The highest BCUT2D eigenvalue weighted by atomic mass is 16.5. The monoisotopic (exact) mass is 350 g/mol. The van der Waals surface area contributed by atoms with E-state index in [0.717, 1.165) is 5.56 Å². The third-order valence-corrected chi connectivity index (χ3v) is 3.97. The predicted octanol–water partition coefficient (Wildman–Crippen LogP) is 3.78. The van der Waals surface area contributed by atoms with Crippen molar-refractivity contribution < 1.29 is 19.1 Å². The first-order valence-corrected chi connectivity index (χ1v) is 8.26. The van der Waals surface area contributed by atoms with Crippen LogP contribution >= 0.6 is 0 Å². The number of ether oxygens (including phenoxy) is 1. The topological polar surface area (TPSA) is 76.7 Å². The van der Waals surface area contributed by atoms with Gasteiger partial charge in [0.15, 0.2) is 0 Å². The number of hydrogen-bond acceptors (Lipinski definition) is 5. The van der Waals surface area contributed by atoms with E-state index in [-0.39, 0.29) is 24.5 Å². The molecule has 0 unspecified atom stereocenters. The van der Waals surface area contributed by atoms with Crippen molar-refractivity contribution in [3.63, 3.8) is 0 Å². The summed E-state index contributed by atoms with van der Waals surface area (Å²) in [6, 6.07) is 17.6. The maximum absolute atomic E-state index is 12.6. The largest absolute Gasteiger partial charge is 0.508 e. The minimum atomic E-state index is -0.684. The summed E-state index contributed by atoms with van der Waals surface area (Å²) in [6.45, 7) is 1.86. The third-order valence-electron chi connectivity index (χ3n) is 3.97. The molecule has 3 rings (SSSR count). The van der Waals surface area contributed by atoms with E-state index in [1.54, 1.807) is 31.2 Å². The summed E-state index contributed by atoms with van der Waals surface area (Å²) < 4.78 is 10.1. The Balaban J connectivity index is 2.15. The fourth-order valence-corrected chi connectivity index (χ4v) is 2.72. The Bertz CT molecular complexity index is 973. The molecule has 1 aromatic heterocycles. The Labute approximate surface area is 150 Å². The van der Waals surface area contributed by atoms with Crippen LogP contribution in [-0.4, -0.2) is 17.7 Å². The molecule has 5 nitrogen and oxygen atoms in total. The molecule has 0 amide bonds. The Morgan fingerprint density at radius 1 is 1.08 bits per heavy atom. The van der Waals surface area contributed by atoms with Crippen LogP contribution in [0.15, 0.2) is 69.9 Å². The lowest BCUT2D eigenvalue weighted by molar-refractivity contribution is 0.0484. The van der Waals surface area contributed by atoms with Crippen molar-refractivity contribution in [2.45, 2.75) is 13.3 Å². The zero-order chi connectivity index (χ0) is 18.5. The second-order valence-corrected chi connectivity index (χ2v) is 5.68. The molecular weight excluding hydrogens is 332 g/mol. The zero-order valence-corrected chi connectivity index (χ0v) is 14.3. The molecule has 26 heavy (non-hydrogen) atoms. The number of rotatable bonds is 5. The highest BCUT2D eigenvalue weighted by Gasteiger charge is 2.19. The van der Waals surface area contributed by atoms with Gasteiger partial charge >= 0.3 is 11.6 Å². The van der Waals surface area contributed by atoms with Crippen molar-refractivity contribution in [3.8, 4) is 16.9 Å². The van der Waals surface area contributed by atoms with Crippen LogP contribution in [0.5, 0.6) is 5.75 Å². The van der Waals surface area contributed by atoms with Gasteiger partial charge in [0.2, 0.25) is 5.76 Å². The van der Waals surface area contributed by atoms with E-state index < -0.39 is 11.6 Å². The van der Waals surface area contributed by atoms with Gasteiger partial charge in [0.25, 0.3) is 0 Å². The van der Waals surface area contributed by atoms with Gasteiger partial charge < -0.3 is 14.3 Å². The van der Waals surface area contributed by atoms with Crippen molar-refractivity contribution in [3.05, 3.63) is 88.0 Å². The van der Waals surface area contributed by atoms with Gasteiger partial charge in [-0.1, -0.05) is 48.5 Å². The van der Waals surface area contributed by atoms with Gasteiger partial charge in [-0.15, -0.1) is 0 Å². The number of aromatic hydroxyl groups is 1. The minimum absolute atomic E-state index is 0.0976. The second kappa shape index (κ2) is 7.70. The van der Waals surface area contributed by atoms with Gasteiger partial charge in [0.05, 0.1) is 12.2 Å². The van der Waals surface area contributed by atoms with Gasteiger partial charge in [-0.2, -0.15) is 0 Å². The standard InChI is InChI=1S/C21H18O5/c1-2-25-21(24)19-13-16(14-8-4-3-5-9-14)17(20(23)26-19)12-15-10-6-7-11-18(15)22/h3-11,13,22H,2,12H2,1H3. The number of phenols is 1. The van der Waals surface area contributed by atoms with Gasteiger partial charge in [-0.3, -0.25) is 0 Å². The van der Waals surface area contributed by atoms with Gasteiger partial charge in [-0.25, -0.2) is 9.59 Å². The first kappa shape index (κ1) is 17.5. The Hall–Kier alpha value is -3.34. The van der Waals surface area contributed by atoms with E-state index in [0.29, 0.717) is 16.7 Å².